The van der Waals surface area contributed by atoms with Crippen molar-refractivity contribution in [2.75, 3.05) is 5.32 Å². The predicted molar refractivity (Wildman–Crippen MR) is 82.2 cm³/mol. The normalized spacial score (nSPS) is 14.0. The number of rotatable bonds is 4. The SMILES string of the molecule is NC(=S)c1ccc(C(=O)Nc2nc(C3CC3)cs2)nc1. The zero-order valence-corrected chi connectivity index (χ0v) is 12.1. The lowest BCUT2D eigenvalue weighted by atomic mass is 10.2. The lowest BCUT2D eigenvalue weighted by Gasteiger charge is -2.02. The zero-order valence-electron chi connectivity index (χ0n) is 10.5. The molecule has 0 unspecified atom stereocenters. The second-order valence-corrected chi connectivity index (χ2v) is 5.90. The van der Waals surface area contributed by atoms with Gasteiger partial charge >= 0.3 is 0 Å². The molecule has 0 aliphatic heterocycles. The first kappa shape index (κ1) is 13.1. The van der Waals surface area contributed by atoms with Crippen LogP contribution in [-0.2, 0) is 0 Å². The fourth-order valence-corrected chi connectivity index (χ4v) is 2.65. The summed E-state index contributed by atoms with van der Waals surface area (Å²) >= 11 is 6.28. The van der Waals surface area contributed by atoms with Crippen molar-refractivity contribution in [3.63, 3.8) is 0 Å². The molecule has 2 heterocycles. The fraction of sp³-hybridized carbons (Fsp3) is 0.231. The summed E-state index contributed by atoms with van der Waals surface area (Å²) in [6.07, 6.45) is 3.88. The summed E-state index contributed by atoms with van der Waals surface area (Å²) in [4.78, 5) is 20.7. The van der Waals surface area contributed by atoms with Gasteiger partial charge in [0.05, 0.1) is 5.69 Å². The van der Waals surface area contributed by atoms with Gasteiger partial charge in [0.15, 0.2) is 5.13 Å². The third kappa shape index (κ3) is 2.83. The lowest BCUT2D eigenvalue weighted by molar-refractivity contribution is 0.102. The van der Waals surface area contributed by atoms with E-state index in [9.17, 15) is 4.79 Å². The molecule has 3 N–H and O–H groups in total. The molecule has 0 bridgehead atoms. The highest BCUT2D eigenvalue weighted by atomic mass is 32.1. The maximum atomic E-state index is 12.0. The van der Waals surface area contributed by atoms with Gasteiger partial charge in [-0.15, -0.1) is 11.3 Å². The predicted octanol–water partition coefficient (Wildman–Crippen LogP) is 2.30. The third-order valence-electron chi connectivity index (χ3n) is 3.02. The summed E-state index contributed by atoms with van der Waals surface area (Å²) in [6, 6.07) is 3.28. The van der Waals surface area contributed by atoms with Crippen LogP contribution in [0.5, 0.6) is 0 Å². The van der Waals surface area contributed by atoms with Gasteiger partial charge in [-0.2, -0.15) is 0 Å². The van der Waals surface area contributed by atoms with Crippen LogP contribution in [0.15, 0.2) is 23.7 Å². The Morgan fingerprint density at radius 1 is 1.45 bits per heavy atom. The Hall–Kier alpha value is -1.86. The van der Waals surface area contributed by atoms with Crippen molar-refractivity contribution < 1.29 is 4.79 Å². The largest absolute Gasteiger partial charge is 0.389 e. The van der Waals surface area contributed by atoms with Gasteiger partial charge in [0.25, 0.3) is 5.91 Å². The minimum absolute atomic E-state index is 0.262. The van der Waals surface area contributed by atoms with Crippen molar-refractivity contribution in [2.24, 2.45) is 5.73 Å². The Balaban J connectivity index is 1.69. The number of hydrogen-bond donors (Lipinski definition) is 2. The highest BCUT2D eigenvalue weighted by Gasteiger charge is 2.26. The molecule has 0 atom stereocenters. The quantitative estimate of drug-likeness (QED) is 0.847. The molecule has 0 saturated heterocycles. The molecule has 1 amide bonds. The van der Waals surface area contributed by atoms with Crippen LogP contribution < -0.4 is 11.1 Å². The minimum Gasteiger partial charge on any atom is -0.389 e. The Bertz CT molecular complexity index is 661. The van der Waals surface area contributed by atoms with Crippen molar-refractivity contribution in [2.45, 2.75) is 18.8 Å². The molecule has 1 aliphatic rings. The van der Waals surface area contributed by atoms with E-state index in [1.807, 2.05) is 5.38 Å². The Kier molecular flexibility index (Phi) is 3.45. The molecule has 102 valence electrons. The number of nitrogens with one attached hydrogen (secondary N) is 1. The summed E-state index contributed by atoms with van der Waals surface area (Å²) < 4.78 is 0. The number of aromatic nitrogens is 2. The first-order valence-corrected chi connectivity index (χ1v) is 7.45. The molecule has 2 aromatic heterocycles. The van der Waals surface area contributed by atoms with E-state index in [1.165, 1.54) is 30.4 Å². The number of carbonyl (C=O) groups excluding carboxylic acids is 1. The fourth-order valence-electron chi connectivity index (χ4n) is 1.75. The maximum Gasteiger partial charge on any atom is 0.276 e. The van der Waals surface area contributed by atoms with Gasteiger partial charge in [0.2, 0.25) is 0 Å². The molecule has 0 radical (unpaired) electrons. The Morgan fingerprint density at radius 3 is 2.85 bits per heavy atom. The number of amides is 1. The summed E-state index contributed by atoms with van der Waals surface area (Å²) in [5.74, 6) is 0.302. The van der Waals surface area contributed by atoms with Gasteiger partial charge in [-0.05, 0) is 25.0 Å². The van der Waals surface area contributed by atoms with Gasteiger partial charge in [-0.3, -0.25) is 15.1 Å². The van der Waals surface area contributed by atoms with E-state index in [1.54, 1.807) is 12.1 Å². The van der Waals surface area contributed by atoms with Crippen LogP contribution in [0.4, 0.5) is 5.13 Å². The van der Waals surface area contributed by atoms with Crippen LogP contribution in [0.1, 0.15) is 40.5 Å². The smallest absolute Gasteiger partial charge is 0.276 e. The van der Waals surface area contributed by atoms with Gasteiger partial charge < -0.3 is 5.73 Å². The number of hydrogen-bond acceptors (Lipinski definition) is 5. The standard InChI is InChI=1S/C13H12N4OS2/c14-11(19)8-3-4-9(15-5-8)12(18)17-13-16-10(6-20-13)7-1-2-7/h3-7H,1-2H2,(H2,14,19)(H,16,17,18). The van der Waals surface area contributed by atoms with Crippen LogP contribution in [0.25, 0.3) is 0 Å². The van der Waals surface area contributed by atoms with Crippen molar-refractivity contribution in [3.05, 3.63) is 40.7 Å². The van der Waals surface area contributed by atoms with E-state index < -0.39 is 0 Å². The highest BCUT2D eigenvalue weighted by molar-refractivity contribution is 7.80. The first-order chi connectivity index (χ1) is 9.63. The molecule has 3 rings (SSSR count). The molecule has 1 aliphatic carbocycles. The van der Waals surface area contributed by atoms with Crippen molar-refractivity contribution in [1.82, 2.24) is 9.97 Å². The van der Waals surface area contributed by atoms with Crippen LogP contribution in [0.2, 0.25) is 0 Å². The van der Waals surface area contributed by atoms with E-state index in [2.05, 4.69) is 15.3 Å². The number of nitrogens with zero attached hydrogens (tertiary/aromatic N) is 2. The molecule has 2 aromatic rings. The second kappa shape index (κ2) is 5.26. The summed E-state index contributed by atoms with van der Waals surface area (Å²) in [5.41, 5.74) is 7.51. The third-order valence-corrected chi connectivity index (χ3v) is 4.03. The van der Waals surface area contributed by atoms with E-state index in [-0.39, 0.29) is 10.9 Å². The Labute approximate surface area is 125 Å². The van der Waals surface area contributed by atoms with E-state index in [0.717, 1.165) is 5.69 Å². The molecule has 7 heteroatoms. The molecule has 5 nitrogen and oxygen atoms in total. The topological polar surface area (TPSA) is 80.9 Å². The molecule has 0 aromatic carbocycles. The van der Waals surface area contributed by atoms with Crippen LogP contribution in [0.3, 0.4) is 0 Å². The van der Waals surface area contributed by atoms with E-state index >= 15 is 0 Å². The van der Waals surface area contributed by atoms with Crippen LogP contribution in [-0.4, -0.2) is 20.9 Å². The number of carbonyl (C=O) groups is 1. The van der Waals surface area contributed by atoms with Gasteiger partial charge in [-0.25, -0.2) is 4.98 Å². The maximum absolute atomic E-state index is 12.0. The number of nitrogens with two attached hydrogens (primary N) is 1. The average Bonchev–Trinajstić information content (AvgIpc) is 3.20. The van der Waals surface area contributed by atoms with Crippen molar-refractivity contribution in [1.29, 1.82) is 0 Å². The number of thiocarbonyl (C=S) groups is 1. The van der Waals surface area contributed by atoms with Crippen LogP contribution in [0, 0.1) is 0 Å². The van der Waals surface area contributed by atoms with E-state index in [4.69, 9.17) is 18.0 Å². The first-order valence-electron chi connectivity index (χ1n) is 6.16. The average molecular weight is 304 g/mol. The minimum atomic E-state index is -0.281. The highest BCUT2D eigenvalue weighted by Crippen LogP contribution is 2.40. The number of pyridine rings is 1. The summed E-state index contributed by atoms with van der Waals surface area (Å²) in [6.45, 7) is 0. The number of anilines is 1. The molecule has 20 heavy (non-hydrogen) atoms. The van der Waals surface area contributed by atoms with Crippen molar-refractivity contribution in [3.8, 4) is 0 Å². The van der Waals surface area contributed by atoms with Gasteiger partial charge in [0, 0.05) is 23.1 Å². The monoisotopic (exact) mass is 304 g/mol. The molecular formula is C13H12N4OS2. The zero-order chi connectivity index (χ0) is 14.1. The Morgan fingerprint density at radius 2 is 2.25 bits per heavy atom. The summed E-state index contributed by atoms with van der Waals surface area (Å²) in [7, 11) is 0. The number of thiazole rings is 1. The van der Waals surface area contributed by atoms with E-state index in [0.29, 0.717) is 22.3 Å². The molecule has 0 spiro atoms. The molecule has 1 saturated carbocycles. The lowest BCUT2D eigenvalue weighted by Crippen LogP contribution is -2.15. The molecular weight excluding hydrogens is 292 g/mol. The summed E-state index contributed by atoms with van der Waals surface area (Å²) in [5, 5.41) is 5.36. The van der Waals surface area contributed by atoms with Crippen molar-refractivity contribution >= 4 is 39.6 Å². The van der Waals surface area contributed by atoms with Crippen LogP contribution >= 0.6 is 23.6 Å². The second-order valence-electron chi connectivity index (χ2n) is 4.60. The molecule has 1 fully saturated rings. The van der Waals surface area contributed by atoms with Gasteiger partial charge in [0.1, 0.15) is 10.7 Å². The van der Waals surface area contributed by atoms with Gasteiger partial charge in [-0.1, -0.05) is 12.2 Å².